The highest BCUT2D eigenvalue weighted by Crippen LogP contribution is 2.19. The minimum atomic E-state index is -0.376. The second-order valence-corrected chi connectivity index (χ2v) is 6.40. The van der Waals surface area contributed by atoms with Crippen LogP contribution < -0.4 is 20.1 Å². The summed E-state index contributed by atoms with van der Waals surface area (Å²) in [4.78, 5) is 13.0. The first-order valence-electron chi connectivity index (χ1n) is 9.15. The summed E-state index contributed by atoms with van der Waals surface area (Å²) in [6.45, 7) is 0.655. The fraction of sp³-hybridized carbons (Fsp3) is 0.174. The van der Waals surface area contributed by atoms with Crippen molar-refractivity contribution in [1.82, 2.24) is 0 Å². The second kappa shape index (κ2) is 9.58. The largest absolute Gasteiger partial charge is 0.497 e. The van der Waals surface area contributed by atoms with Gasteiger partial charge in [0, 0.05) is 22.9 Å². The molecular weight excluding hydrogens is 352 g/mol. The molecule has 0 bridgehead atoms. The number of ether oxygens (including phenoxy) is 2. The van der Waals surface area contributed by atoms with E-state index in [1.165, 1.54) is 0 Å². The maximum absolute atomic E-state index is 13.0. The minimum Gasteiger partial charge on any atom is -0.497 e. The molecule has 0 saturated carbocycles. The van der Waals surface area contributed by atoms with Gasteiger partial charge < -0.3 is 20.1 Å². The Bertz CT molecular complexity index is 912. The Kier molecular flexibility index (Phi) is 6.65. The van der Waals surface area contributed by atoms with Crippen LogP contribution in [0.1, 0.15) is 17.2 Å². The molecule has 0 heterocycles. The lowest BCUT2D eigenvalue weighted by molar-refractivity contribution is -0.697. The lowest BCUT2D eigenvalue weighted by atomic mass is 10.1. The van der Waals surface area contributed by atoms with Crippen LogP contribution in [0.5, 0.6) is 11.5 Å². The van der Waals surface area contributed by atoms with E-state index in [2.05, 4.69) is 5.32 Å². The molecule has 5 nitrogen and oxygen atoms in total. The van der Waals surface area contributed by atoms with E-state index >= 15 is 0 Å². The predicted molar refractivity (Wildman–Crippen MR) is 109 cm³/mol. The molecule has 0 fully saturated rings. The van der Waals surface area contributed by atoms with Crippen molar-refractivity contribution in [1.29, 1.82) is 0 Å². The Morgan fingerprint density at radius 3 is 2.29 bits per heavy atom. The number of quaternary nitrogens is 1. The molecule has 0 radical (unpaired) electrons. The second-order valence-electron chi connectivity index (χ2n) is 6.40. The van der Waals surface area contributed by atoms with Crippen LogP contribution in [0.15, 0.2) is 78.9 Å². The molecule has 3 rings (SSSR count). The molecule has 0 aliphatic carbocycles. The molecule has 0 aromatic heterocycles. The third kappa shape index (κ3) is 5.11. The number of anilines is 1. The summed E-state index contributed by atoms with van der Waals surface area (Å²) in [5, 5.41) is 5.03. The molecule has 0 aliphatic rings. The summed E-state index contributed by atoms with van der Waals surface area (Å²) >= 11 is 0. The van der Waals surface area contributed by atoms with Gasteiger partial charge in [0.15, 0.2) is 6.04 Å². The van der Waals surface area contributed by atoms with Crippen LogP contribution in [0.2, 0.25) is 0 Å². The number of methoxy groups -OCH3 is 2. The molecule has 0 aliphatic heterocycles. The quantitative estimate of drug-likeness (QED) is 0.634. The summed E-state index contributed by atoms with van der Waals surface area (Å²) in [6.07, 6.45) is 0. The monoisotopic (exact) mass is 377 g/mol. The molecular formula is C23H25N2O3+. The smallest absolute Gasteiger partial charge is 0.287 e. The number of benzene rings is 3. The molecule has 0 unspecified atom stereocenters. The van der Waals surface area contributed by atoms with Gasteiger partial charge in [0.05, 0.1) is 14.2 Å². The first-order chi connectivity index (χ1) is 13.7. The Hall–Kier alpha value is -3.31. The van der Waals surface area contributed by atoms with Crippen molar-refractivity contribution in [3.05, 3.63) is 90.0 Å². The zero-order valence-corrected chi connectivity index (χ0v) is 16.1. The van der Waals surface area contributed by atoms with Crippen molar-refractivity contribution >= 4 is 11.6 Å². The number of carbonyl (C=O) groups is 1. The van der Waals surface area contributed by atoms with Crippen molar-refractivity contribution in [2.75, 3.05) is 19.5 Å². The van der Waals surface area contributed by atoms with Crippen molar-refractivity contribution in [3.63, 3.8) is 0 Å². The van der Waals surface area contributed by atoms with Gasteiger partial charge in [0.25, 0.3) is 5.91 Å². The fourth-order valence-electron chi connectivity index (χ4n) is 3.03. The number of nitrogens with one attached hydrogen (secondary N) is 1. The molecule has 3 aromatic carbocycles. The Labute approximate surface area is 165 Å². The van der Waals surface area contributed by atoms with Crippen molar-refractivity contribution in [2.24, 2.45) is 0 Å². The van der Waals surface area contributed by atoms with E-state index in [1.54, 1.807) is 14.2 Å². The van der Waals surface area contributed by atoms with Gasteiger partial charge in [-0.1, -0.05) is 48.5 Å². The molecule has 1 amide bonds. The average molecular weight is 377 g/mol. The topological polar surface area (TPSA) is 64.2 Å². The lowest BCUT2D eigenvalue weighted by Gasteiger charge is -2.16. The third-order valence-electron chi connectivity index (χ3n) is 4.50. The molecule has 3 N–H and O–H groups in total. The number of rotatable bonds is 8. The molecule has 144 valence electrons. The fourth-order valence-corrected chi connectivity index (χ4v) is 3.03. The highest BCUT2D eigenvalue weighted by molar-refractivity contribution is 5.94. The SMILES string of the molecule is COc1cccc(C[NH2+][C@@H](C(=O)Nc2cccc(OC)c2)c2ccccc2)c1. The number of carbonyl (C=O) groups excluding carboxylic acids is 1. The van der Waals surface area contributed by atoms with Crippen molar-refractivity contribution < 1.29 is 19.6 Å². The van der Waals surface area contributed by atoms with Gasteiger partial charge in [-0.15, -0.1) is 0 Å². The molecule has 1 atom stereocenters. The van der Waals surface area contributed by atoms with Crippen LogP contribution in [0.3, 0.4) is 0 Å². The minimum absolute atomic E-state index is 0.0812. The zero-order chi connectivity index (χ0) is 19.8. The first kappa shape index (κ1) is 19.5. The van der Waals surface area contributed by atoms with Crippen LogP contribution in [0.25, 0.3) is 0 Å². The lowest BCUT2D eigenvalue weighted by Crippen LogP contribution is -2.85. The van der Waals surface area contributed by atoms with Gasteiger partial charge in [0.1, 0.15) is 18.0 Å². The van der Waals surface area contributed by atoms with E-state index in [0.29, 0.717) is 18.0 Å². The van der Waals surface area contributed by atoms with E-state index in [0.717, 1.165) is 16.9 Å². The van der Waals surface area contributed by atoms with Crippen LogP contribution >= 0.6 is 0 Å². The summed E-state index contributed by atoms with van der Waals surface area (Å²) in [7, 11) is 3.26. The highest BCUT2D eigenvalue weighted by Gasteiger charge is 2.24. The van der Waals surface area contributed by atoms with Gasteiger partial charge in [-0.2, -0.15) is 0 Å². The third-order valence-corrected chi connectivity index (χ3v) is 4.50. The molecule has 3 aromatic rings. The molecule has 5 heteroatoms. The van der Waals surface area contributed by atoms with Gasteiger partial charge in [-0.25, -0.2) is 0 Å². The maximum atomic E-state index is 13.0. The Balaban J connectivity index is 1.77. The first-order valence-corrected chi connectivity index (χ1v) is 9.15. The molecule has 0 saturated heterocycles. The average Bonchev–Trinajstić information content (AvgIpc) is 2.75. The Morgan fingerprint density at radius 1 is 0.893 bits per heavy atom. The highest BCUT2D eigenvalue weighted by atomic mass is 16.5. The van der Waals surface area contributed by atoms with Gasteiger partial charge in [-0.05, 0) is 24.3 Å². The number of nitrogens with two attached hydrogens (primary N) is 1. The Morgan fingerprint density at radius 2 is 1.57 bits per heavy atom. The van der Waals surface area contributed by atoms with E-state index in [9.17, 15) is 4.79 Å². The van der Waals surface area contributed by atoms with Crippen LogP contribution in [0, 0.1) is 0 Å². The van der Waals surface area contributed by atoms with Crippen molar-refractivity contribution in [3.8, 4) is 11.5 Å². The van der Waals surface area contributed by atoms with Gasteiger partial charge in [-0.3, -0.25) is 4.79 Å². The summed E-state index contributed by atoms with van der Waals surface area (Å²) in [6, 6.07) is 24.6. The zero-order valence-electron chi connectivity index (χ0n) is 16.1. The molecule has 0 spiro atoms. The van der Waals surface area contributed by atoms with E-state index in [-0.39, 0.29) is 11.9 Å². The van der Waals surface area contributed by atoms with E-state index < -0.39 is 0 Å². The van der Waals surface area contributed by atoms with Gasteiger partial charge >= 0.3 is 0 Å². The van der Waals surface area contributed by atoms with Crippen molar-refractivity contribution in [2.45, 2.75) is 12.6 Å². The maximum Gasteiger partial charge on any atom is 0.287 e. The van der Waals surface area contributed by atoms with Crippen LogP contribution in [0.4, 0.5) is 5.69 Å². The normalized spacial score (nSPS) is 11.5. The molecule has 28 heavy (non-hydrogen) atoms. The predicted octanol–water partition coefficient (Wildman–Crippen LogP) is 3.15. The van der Waals surface area contributed by atoms with Crippen LogP contribution in [-0.2, 0) is 11.3 Å². The van der Waals surface area contributed by atoms with Crippen LogP contribution in [-0.4, -0.2) is 20.1 Å². The number of hydrogen-bond donors (Lipinski definition) is 2. The van der Waals surface area contributed by atoms with E-state index in [4.69, 9.17) is 9.47 Å². The number of amides is 1. The summed E-state index contributed by atoms with van der Waals surface area (Å²) < 4.78 is 10.5. The van der Waals surface area contributed by atoms with E-state index in [1.807, 2.05) is 84.2 Å². The number of hydrogen-bond acceptors (Lipinski definition) is 3. The summed E-state index contributed by atoms with van der Waals surface area (Å²) in [5.41, 5.74) is 2.75. The summed E-state index contributed by atoms with van der Waals surface area (Å²) in [5.74, 6) is 1.43. The standard InChI is InChI=1S/C23H24N2O3/c1-27-20-12-6-8-17(14-20)16-24-22(18-9-4-3-5-10-18)23(26)25-19-11-7-13-21(15-19)28-2/h3-15,22,24H,16H2,1-2H3,(H,25,26)/p+1/t22-/m1/s1. The van der Waals surface area contributed by atoms with Gasteiger partial charge in [0.2, 0.25) is 0 Å².